The Labute approximate surface area is 217 Å². The standard InChI is InChI=1S/C28H35ClN4O3/c1-3-28(8-9-30-2)19-33-18-24(31-16-20-4-6-22(29)7-5-20)27(34)23-14-21(15-25(36-28)26(23)33)17-32-10-12-35-13-11-32/h4-7,14-15,18,30-31H,3,8-13,16-17,19H2,1-2H3. The molecule has 1 atom stereocenters. The number of aromatic nitrogens is 1. The minimum Gasteiger partial charge on any atom is -0.483 e. The molecule has 0 amide bonds. The van der Waals surface area contributed by atoms with Crippen LogP contribution in [-0.4, -0.2) is 55.0 Å². The average molecular weight is 511 g/mol. The van der Waals surface area contributed by atoms with Gasteiger partial charge in [-0.05, 0) is 55.4 Å². The van der Waals surface area contributed by atoms with E-state index in [2.05, 4.69) is 39.2 Å². The van der Waals surface area contributed by atoms with Crippen LogP contribution >= 0.6 is 11.6 Å². The summed E-state index contributed by atoms with van der Waals surface area (Å²) in [6, 6.07) is 11.9. The number of hydrogen-bond donors (Lipinski definition) is 2. The summed E-state index contributed by atoms with van der Waals surface area (Å²) in [6.45, 7) is 8.33. The maximum absolute atomic E-state index is 13.7. The molecule has 2 aliphatic rings. The van der Waals surface area contributed by atoms with Gasteiger partial charge in [-0.1, -0.05) is 30.7 Å². The fourth-order valence-electron chi connectivity index (χ4n) is 5.21. The molecule has 36 heavy (non-hydrogen) atoms. The first-order valence-corrected chi connectivity index (χ1v) is 13.2. The molecule has 192 valence electrons. The van der Waals surface area contributed by atoms with Crippen molar-refractivity contribution in [1.29, 1.82) is 0 Å². The Balaban J connectivity index is 1.55. The molecule has 1 unspecified atom stereocenters. The summed E-state index contributed by atoms with van der Waals surface area (Å²) in [5.41, 5.74) is 3.33. The summed E-state index contributed by atoms with van der Waals surface area (Å²) in [7, 11) is 1.97. The monoisotopic (exact) mass is 510 g/mol. The molecule has 0 saturated carbocycles. The van der Waals surface area contributed by atoms with Crippen LogP contribution < -0.4 is 20.8 Å². The molecule has 7 nitrogen and oxygen atoms in total. The van der Waals surface area contributed by atoms with Crippen LogP contribution in [0.5, 0.6) is 5.75 Å². The molecule has 0 spiro atoms. The van der Waals surface area contributed by atoms with Gasteiger partial charge in [-0.15, -0.1) is 0 Å². The number of nitrogens with one attached hydrogen (secondary N) is 2. The Hall–Kier alpha value is -2.58. The van der Waals surface area contributed by atoms with E-state index in [1.54, 1.807) is 0 Å². The molecule has 3 aromatic rings. The van der Waals surface area contributed by atoms with Crippen LogP contribution in [0.25, 0.3) is 10.9 Å². The van der Waals surface area contributed by atoms with E-state index in [1.165, 1.54) is 0 Å². The van der Waals surface area contributed by atoms with Crippen LogP contribution in [0.15, 0.2) is 47.4 Å². The second-order valence-electron chi connectivity index (χ2n) is 9.85. The maximum atomic E-state index is 13.7. The van der Waals surface area contributed by atoms with Crippen molar-refractivity contribution in [3.05, 3.63) is 69.0 Å². The first kappa shape index (κ1) is 25.1. The second-order valence-corrected chi connectivity index (χ2v) is 10.3. The van der Waals surface area contributed by atoms with Crippen molar-refractivity contribution in [3.63, 3.8) is 0 Å². The minimum absolute atomic E-state index is 0.00288. The molecular weight excluding hydrogens is 476 g/mol. The van der Waals surface area contributed by atoms with Crippen molar-refractivity contribution in [2.75, 3.05) is 45.2 Å². The van der Waals surface area contributed by atoms with E-state index in [9.17, 15) is 4.79 Å². The number of nitrogens with zero attached hydrogens (tertiary/aromatic N) is 2. The summed E-state index contributed by atoms with van der Waals surface area (Å²) in [5, 5.41) is 8.07. The van der Waals surface area contributed by atoms with E-state index in [-0.39, 0.29) is 11.0 Å². The van der Waals surface area contributed by atoms with Crippen molar-refractivity contribution < 1.29 is 9.47 Å². The van der Waals surface area contributed by atoms with Crippen LogP contribution in [0.2, 0.25) is 5.02 Å². The molecule has 2 aromatic carbocycles. The smallest absolute Gasteiger partial charge is 0.212 e. The van der Waals surface area contributed by atoms with Gasteiger partial charge < -0.3 is 24.7 Å². The lowest BCUT2D eigenvalue weighted by Crippen LogP contribution is -2.45. The Morgan fingerprint density at radius 2 is 1.89 bits per heavy atom. The van der Waals surface area contributed by atoms with Gasteiger partial charge in [0.25, 0.3) is 0 Å². The first-order chi connectivity index (χ1) is 17.5. The molecule has 0 radical (unpaired) electrons. The topological polar surface area (TPSA) is 67.8 Å². The molecule has 0 bridgehead atoms. The number of halogens is 1. The van der Waals surface area contributed by atoms with Gasteiger partial charge in [-0.2, -0.15) is 0 Å². The van der Waals surface area contributed by atoms with E-state index in [4.69, 9.17) is 21.1 Å². The van der Waals surface area contributed by atoms with Gasteiger partial charge in [0.2, 0.25) is 5.43 Å². The molecule has 2 aliphatic heterocycles. The highest BCUT2D eigenvalue weighted by Gasteiger charge is 2.36. The third-order valence-corrected chi connectivity index (χ3v) is 7.61. The molecule has 8 heteroatoms. The highest BCUT2D eigenvalue weighted by atomic mass is 35.5. The molecule has 1 aromatic heterocycles. The molecular formula is C28H35ClN4O3. The fourth-order valence-corrected chi connectivity index (χ4v) is 5.34. The summed E-state index contributed by atoms with van der Waals surface area (Å²) in [6.07, 6.45) is 3.73. The number of ether oxygens (including phenoxy) is 2. The Kier molecular flexibility index (Phi) is 7.53. The summed E-state index contributed by atoms with van der Waals surface area (Å²) in [5.74, 6) is 0.807. The lowest BCUT2D eigenvalue weighted by Gasteiger charge is -2.39. The van der Waals surface area contributed by atoms with Gasteiger partial charge in [0.1, 0.15) is 11.4 Å². The largest absolute Gasteiger partial charge is 0.483 e. The number of benzene rings is 2. The predicted molar refractivity (Wildman–Crippen MR) is 145 cm³/mol. The zero-order valence-corrected chi connectivity index (χ0v) is 21.9. The summed E-state index contributed by atoms with van der Waals surface area (Å²) in [4.78, 5) is 16.1. The van der Waals surface area contributed by atoms with E-state index < -0.39 is 0 Å². The molecule has 1 saturated heterocycles. The van der Waals surface area contributed by atoms with E-state index >= 15 is 0 Å². The normalized spacial score (nSPS) is 19.9. The average Bonchev–Trinajstić information content (AvgIpc) is 2.90. The zero-order valence-electron chi connectivity index (χ0n) is 21.1. The molecule has 5 rings (SSSR count). The number of morpholine rings is 1. The van der Waals surface area contributed by atoms with Gasteiger partial charge in [0, 0.05) is 43.8 Å². The summed E-state index contributed by atoms with van der Waals surface area (Å²) < 4.78 is 14.5. The number of rotatable bonds is 9. The van der Waals surface area contributed by atoms with Gasteiger partial charge in [-0.3, -0.25) is 9.69 Å². The highest BCUT2D eigenvalue weighted by molar-refractivity contribution is 6.30. The van der Waals surface area contributed by atoms with Crippen molar-refractivity contribution in [1.82, 2.24) is 14.8 Å². The number of hydrogen-bond acceptors (Lipinski definition) is 6. The number of pyridine rings is 1. The van der Waals surface area contributed by atoms with Crippen molar-refractivity contribution >= 4 is 28.2 Å². The van der Waals surface area contributed by atoms with E-state index in [0.717, 1.165) is 74.6 Å². The predicted octanol–water partition coefficient (Wildman–Crippen LogP) is 4.25. The molecule has 0 aliphatic carbocycles. The summed E-state index contributed by atoms with van der Waals surface area (Å²) >= 11 is 6.04. The quantitative estimate of drug-likeness (QED) is 0.448. The van der Waals surface area contributed by atoms with E-state index in [0.29, 0.717) is 29.2 Å². The second kappa shape index (κ2) is 10.8. The molecule has 2 N–H and O–H groups in total. The van der Waals surface area contributed by atoms with Crippen molar-refractivity contribution in [2.45, 2.75) is 45.0 Å². The maximum Gasteiger partial charge on any atom is 0.212 e. The van der Waals surface area contributed by atoms with E-state index in [1.807, 2.05) is 37.5 Å². The van der Waals surface area contributed by atoms with Crippen LogP contribution in [-0.2, 0) is 24.4 Å². The third kappa shape index (κ3) is 5.25. The zero-order chi connectivity index (χ0) is 25.1. The van der Waals surface area contributed by atoms with Crippen molar-refractivity contribution in [2.24, 2.45) is 0 Å². The van der Waals surface area contributed by atoms with Crippen LogP contribution in [0, 0.1) is 0 Å². The molecule has 1 fully saturated rings. The lowest BCUT2D eigenvalue weighted by atomic mass is 9.93. The first-order valence-electron chi connectivity index (χ1n) is 12.8. The van der Waals surface area contributed by atoms with Gasteiger partial charge in [0.05, 0.1) is 36.3 Å². The third-order valence-electron chi connectivity index (χ3n) is 7.36. The van der Waals surface area contributed by atoms with Crippen LogP contribution in [0.1, 0.15) is 30.9 Å². The lowest BCUT2D eigenvalue weighted by molar-refractivity contribution is 0.0295. The Morgan fingerprint density at radius 1 is 1.11 bits per heavy atom. The Morgan fingerprint density at radius 3 is 2.61 bits per heavy atom. The minimum atomic E-state index is -0.330. The fraction of sp³-hybridized carbons (Fsp3) is 0.464. The highest BCUT2D eigenvalue weighted by Crippen LogP contribution is 2.38. The SMILES string of the molecule is CCC1(CCNC)Cn2cc(NCc3ccc(Cl)cc3)c(=O)c3cc(CN4CCOCC4)cc(c32)O1. The van der Waals surface area contributed by atoms with Gasteiger partial charge in [-0.25, -0.2) is 0 Å². The van der Waals surface area contributed by atoms with Gasteiger partial charge >= 0.3 is 0 Å². The van der Waals surface area contributed by atoms with Crippen LogP contribution in [0.3, 0.4) is 0 Å². The number of anilines is 1. The molecule has 3 heterocycles. The Bertz CT molecular complexity index is 1270. The van der Waals surface area contributed by atoms with Crippen LogP contribution in [0.4, 0.5) is 5.69 Å². The van der Waals surface area contributed by atoms with Gasteiger partial charge in [0.15, 0.2) is 0 Å². The van der Waals surface area contributed by atoms with Crippen molar-refractivity contribution in [3.8, 4) is 5.75 Å².